The van der Waals surface area contributed by atoms with Gasteiger partial charge in [-0.25, -0.2) is 4.98 Å². The smallest absolute Gasteiger partial charge is 0.121 e. The normalized spacial score (nSPS) is 15.3. The van der Waals surface area contributed by atoms with Crippen molar-refractivity contribution in [2.75, 3.05) is 52.7 Å². The van der Waals surface area contributed by atoms with Crippen LogP contribution in [0.2, 0.25) is 0 Å². The molecular weight excluding hydrogens is 304 g/mol. The summed E-state index contributed by atoms with van der Waals surface area (Å²) >= 11 is 0. The van der Waals surface area contributed by atoms with Crippen molar-refractivity contribution in [2.24, 2.45) is 0 Å². The summed E-state index contributed by atoms with van der Waals surface area (Å²) in [4.78, 5) is 6.75. The zero-order valence-electron chi connectivity index (χ0n) is 13.7. The Morgan fingerprint density at radius 2 is 1.96 bits per heavy atom. The minimum absolute atomic E-state index is 0.517. The molecule has 1 aromatic carbocycles. The maximum Gasteiger partial charge on any atom is 0.121 e. The molecule has 0 bridgehead atoms. The number of hydrogen-bond acceptors (Lipinski definition) is 5. The van der Waals surface area contributed by atoms with Crippen molar-refractivity contribution in [1.82, 2.24) is 9.88 Å². The zero-order chi connectivity index (χ0) is 16.6. The standard InChI is InChI=1S/C19H22N2O3/c1-2-17-5-3-16-4-6-18(15-19(16)20-17)24-14-13-23-12-9-21-7-10-22-11-8-21/h1,3-6,15H,7-14H2. The first-order valence-electron chi connectivity index (χ1n) is 8.23. The third-order valence-corrected chi connectivity index (χ3v) is 3.96. The predicted octanol–water partition coefficient (Wildman–Crippen LogP) is 1.94. The van der Waals surface area contributed by atoms with Gasteiger partial charge < -0.3 is 14.2 Å². The Labute approximate surface area is 142 Å². The van der Waals surface area contributed by atoms with Crippen LogP contribution in [-0.2, 0) is 9.47 Å². The van der Waals surface area contributed by atoms with Crippen LogP contribution < -0.4 is 4.74 Å². The molecule has 5 heteroatoms. The molecule has 1 aromatic heterocycles. The molecule has 24 heavy (non-hydrogen) atoms. The fourth-order valence-corrected chi connectivity index (χ4v) is 2.61. The fourth-order valence-electron chi connectivity index (χ4n) is 2.61. The van der Waals surface area contributed by atoms with Gasteiger partial charge in [0.2, 0.25) is 0 Å². The number of ether oxygens (including phenoxy) is 3. The zero-order valence-corrected chi connectivity index (χ0v) is 13.7. The van der Waals surface area contributed by atoms with Gasteiger partial charge in [0, 0.05) is 31.1 Å². The van der Waals surface area contributed by atoms with Crippen LogP contribution in [0.15, 0.2) is 30.3 Å². The molecule has 3 rings (SSSR count). The molecule has 1 saturated heterocycles. The van der Waals surface area contributed by atoms with Crippen LogP contribution in [0, 0.1) is 12.3 Å². The summed E-state index contributed by atoms with van der Waals surface area (Å²) < 4.78 is 16.7. The molecule has 0 radical (unpaired) electrons. The van der Waals surface area contributed by atoms with E-state index in [0.717, 1.165) is 49.5 Å². The van der Waals surface area contributed by atoms with Crippen LogP contribution in [0.1, 0.15) is 5.69 Å². The van der Waals surface area contributed by atoms with Crippen molar-refractivity contribution in [3.8, 4) is 18.1 Å². The van der Waals surface area contributed by atoms with Crippen LogP contribution in [0.4, 0.5) is 0 Å². The molecule has 1 aliphatic rings. The van der Waals surface area contributed by atoms with Gasteiger partial charge >= 0.3 is 0 Å². The summed E-state index contributed by atoms with van der Waals surface area (Å²) in [6.45, 7) is 6.37. The highest BCUT2D eigenvalue weighted by Gasteiger charge is 2.09. The lowest BCUT2D eigenvalue weighted by Gasteiger charge is -2.26. The van der Waals surface area contributed by atoms with E-state index in [1.807, 2.05) is 30.3 Å². The van der Waals surface area contributed by atoms with E-state index in [4.69, 9.17) is 20.6 Å². The van der Waals surface area contributed by atoms with Crippen LogP contribution in [-0.4, -0.2) is 62.6 Å². The molecule has 0 N–H and O–H groups in total. The van der Waals surface area contributed by atoms with E-state index in [1.54, 1.807) is 0 Å². The lowest BCUT2D eigenvalue weighted by molar-refractivity contribution is 0.0170. The summed E-state index contributed by atoms with van der Waals surface area (Å²) in [7, 11) is 0. The molecular formula is C19H22N2O3. The molecule has 0 unspecified atom stereocenters. The largest absolute Gasteiger partial charge is 0.491 e. The van der Waals surface area contributed by atoms with Crippen LogP contribution in [0.25, 0.3) is 10.9 Å². The Kier molecular flexibility index (Phi) is 6.02. The van der Waals surface area contributed by atoms with Crippen molar-refractivity contribution >= 4 is 10.9 Å². The monoisotopic (exact) mass is 326 g/mol. The average molecular weight is 326 g/mol. The number of fused-ring (bicyclic) bond motifs is 1. The van der Waals surface area contributed by atoms with E-state index < -0.39 is 0 Å². The quantitative estimate of drug-likeness (QED) is 0.575. The number of benzene rings is 1. The Balaban J connectivity index is 1.40. The molecule has 5 nitrogen and oxygen atoms in total. The van der Waals surface area contributed by atoms with E-state index in [9.17, 15) is 0 Å². The average Bonchev–Trinajstić information content (AvgIpc) is 2.64. The topological polar surface area (TPSA) is 43.8 Å². The third kappa shape index (κ3) is 4.68. The van der Waals surface area contributed by atoms with Crippen LogP contribution in [0.3, 0.4) is 0 Å². The molecule has 0 aliphatic carbocycles. The van der Waals surface area contributed by atoms with Gasteiger partial charge in [0.1, 0.15) is 18.1 Å². The van der Waals surface area contributed by atoms with Gasteiger partial charge in [0.05, 0.1) is 31.9 Å². The summed E-state index contributed by atoms with van der Waals surface area (Å²) in [6.07, 6.45) is 5.39. The molecule has 1 fully saturated rings. The summed E-state index contributed by atoms with van der Waals surface area (Å²) in [5.74, 6) is 3.33. The second-order valence-corrected chi connectivity index (χ2v) is 5.61. The van der Waals surface area contributed by atoms with Gasteiger partial charge in [-0.05, 0) is 18.2 Å². The third-order valence-electron chi connectivity index (χ3n) is 3.96. The number of rotatable bonds is 7. The highest BCUT2D eigenvalue weighted by molar-refractivity contribution is 5.80. The van der Waals surface area contributed by atoms with Gasteiger partial charge in [0.25, 0.3) is 0 Å². The van der Waals surface area contributed by atoms with Crippen molar-refractivity contribution < 1.29 is 14.2 Å². The molecule has 0 amide bonds. The van der Waals surface area contributed by atoms with E-state index in [-0.39, 0.29) is 0 Å². The van der Waals surface area contributed by atoms with Gasteiger partial charge in [-0.3, -0.25) is 4.90 Å². The SMILES string of the molecule is C#Cc1ccc2ccc(OCCOCCN3CCOCC3)cc2n1. The first kappa shape index (κ1) is 16.7. The number of nitrogens with zero attached hydrogens (tertiary/aromatic N) is 2. The molecule has 2 heterocycles. The number of pyridine rings is 1. The molecule has 0 atom stereocenters. The first-order chi connectivity index (χ1) is 11.8. The Hall–Kier alpha value is -2.13. The Bertz CT molecular complexity index is 705. The fraction of sp³-hybridized carbons (Fsp3) is 0.421. The highest BCUT2D eigenvalue weighted by atomic mass is 16.5. The Morgan fingerprint density at radius 1 is 1.12 bits per heavy atom. The molecule has 126 valence electrons. The van der Waals surface area contributed by atoms with Crippen molar-refractivity contribution in [2.45, 2.75) is 0 Å². The first-order valence-corrected chi connectivity index (χ1v) is 8.23. The summed E-state index contributed by atoms with van der Waals surface area (Å²) in [6, 6.07) is 9.63. The number of aromatic nitrogens is 1. The minimum atomic E-state index is 0.517. The predicted molar refractivity (Wildman–Crippen MR) is 93.3 cm³/mol. The van der Waals surface area contributed by atoms with E-state index in [2.05, 4.69) is 15.8 Å². The van der Waals surface area contributed by atoms with Crippen LogP contribution >= 0.6 is 0 Å². The second kappa shape index (κ2) is 8.65. The maximum atomic E-state index is 5.73. The van der Waals surface area contributed by atoms with Crippen LogP contribution in [0.5, 0.6) is 5.75 Å². The Morgan fingerprint density at radius 3 is 2.79 bits per heavy atom. The van der Waals surface area contributed by atoms with Gasteiger partial charge in [0.15, 0.2) is 0 Å². The lowest BCUT2D eigenvalue weighted by Crippen LogP contribution is -2.38. The van der Waals surface area contributed by atoms with E-state index >= 15 is 0 Å². The van der Waals surface area contributed by atoms with Gasteiger partial charge in [-0.15, -0.1) is 6.42 Å². The van der Waals surface area contributed by atoms with Crippen molar-refractivity contribution in [3.05, 3.63) is 36.0 Å². The van der Waals surface area contributed by atoms with Crippen molar-refractivity contribution in [1.29, 1.82) is 0 Å². The number of terminal acetylenes is 1. The summed E-state index contributed by atoms with van der Waals surface area (Å²) in [5, 5.41) is 1.04. The van der Waals surface area contributed by atoms with Crippen molar-refractivity contribution in [3.63, 3.8) is 0 Å². The molecule has 0 spiro atoms. The molecule has 0 saturated carbocycles. The summed E-state index contributed by atoms with van der Waals surface area (Å²) in [5.41, 5.74) is 1.47. The minimum Gasteiger partial charge on any atom is -0.491 e. The number of morpholine rings is 1. The molecule has 2 aromatic rings. The van der Waals surface area contributed by atoms with Gasteiger partial charge in [-0.1, -0.05) is 12.0 Å². The molecule has 1 aliphatic heterocycles. The lowest BCUT2D eigenvalue weighted by atomic mass is 10.2. The van der Waals surface area contributed by atoms with E-state index in [1.165, 1.54) is 0 Å². The second-order valence-electron chi connectivity index (χ2n) is 5.61. The van der Waals surface area contributed by atoms with Gasteiger partial charge in [-0.2, -0.15) is 0 Å². The maximum absolute atomic E-state index is 5.73. The van der Waals surface area contributed by atoms with E-state index in [0.29, 0.717) is 25.5 Å². The number of hydrogen-bond donors (Lipinski definition) is 0. The highest BCUT2D eigenvalue weighted by Crippen LogP contribution is 2.19.